The molecule has 7 heteroatoms. The monoisotopic (exact) mass is 414 g/mol. The normalized spacial score (nSPS) is 10.8. The molecule has 0 aliphatic rings. The van der Waals surface area contributed by atoms with Crippen LogP contribution in [-0.2, 0) is 11.8 Å². The third-order valence-corrected chi connectivity index (χ3v) is 5.18. The van der Waals surface area contributed by atoms with Crippen LogP contribution in [0, 0.1) is 13.8 Å². The van der Waals surface area contributed by atoms with E-state index in [9.17, 15) is 9.59 Å². The highest BCUT2D eigenvalue weighted by molar-refractivity contribution is 6.13. The number of aromatic nitrogens is 3. The number of hydrogen-bond acceptors (Lipinski definition) is 5. The molecule has 0 aliphatic carbocycles. The van der Waals surface area contributed by atoms with Gasteiger partial charge in [-0.05, 0) is 43.7 Å². The van der Waals surface area contributed by atoms with Crippen molar-refractivity contribution in [1.82, 2.24) is 14.8 Å². The number of fused-ring (bicyclic) bond motifs is 1. The molecule has 0 bridgehead atoms. The number of nitrogens with one attached hydrogen (secondary N) is 1. The first-order valence-electron chi connectivity index (χ1n) is 9.79. The first-order chi connectivity index (χ1) is 14.9. The molecule has 31 heavy (non-hydrogen) atoms. The minimum Gasteiger partial charge on any atom is -0.465 e. The van der Waals surface area contributed by atoms with Gasteiger partial charge in [-0.1, -0.05) is 30.3 Å². The maximum atomic E-state index is 13.3. The fourth-order valence-electron chi connectivity index (χ4n) is 3.62. The second kappa shape index (κ2) is 8.02. The number of nitrogens with zero attached hydrogens (tertiary/aromatic N) is 3. The van der Waals surface area contributed by atoms with Gasteiger partial charge in [0.05, 0.1) is 35.0 Å². The minimum atomic E-state index is -0.421. The molecule has 156 valence electrons. The molecule has 7 nitrogen and oxygen atoms in total. The number of amides is 1. The molecule has 0 fully saturated rings. The van der Waals surface area contributed by atoms with Crippen molar-refractivity contribution >= 4 is 28.6 Å². The number of hydrogen-bond donors (Lipinski definition) is 1. The van der Waals surface area contributed by atoms with Gasteiger partial charge in [-0.15, -0.1) is 0 Å². The Morgan fingerprint density at radius 2 is 1.77 bits per heavy atom. The Hall–Kier alpha value is -4.00. The van der Waals surface area contributed by atoms with Crippen LogP contribution in [-0.4, -0.2) is 33.8 Å². The van der Waals surface area contributed by atoms with E-state index in [1.165, 1.54) is 7.11 Å². The third kappa shape index (κ3) is 3.77. The Bertz CT molecular complexity index is 1310. The zero-order valence-corrected chi connectivity index (χ0v) is 17.8. The summed E-state index contributed by atoms with van der Waals surface area (Å²) in [7, 11) is 3.15. The summed E-state index contributed by atoms with van der Waals surface area (Å²) in [5.41, 5.74) is 5.27. The summed E-state index contributed by atoms with van der Waals surface area (Å²) in [5.74, 6) is -0.690. The lowest BCUT2D eigenvalue weighted by molar-refractivity contribution is 0.0600. The van der Waals surface area contributed by atoms with Crippen LogP contribution in [0.2, 0.25) is 0 Å². The van der Waals surface area contributed by atoms with Gasteiger partial charge >= 0.3 is 5.97 Å². The highest BCUT2D eigenvalue weighted by atomic mass is 16.5. The van der Waals surface area contributed by atoms with E-state index in [0.717, 1.165) is 16.8 Å². The second-order valence-electron chi connectivity index (χ2n) is 7.30. The van der Waals surface area contributed by atoms with Gasteiger partial charge in [0.15, 0.2) is 5.65 Å². The van der Waals surface area contributed by atoms with Gasteiger partial charge in [-0.3, -0.25) is 9.48 Å². The van der Waals surface area contributed by atoms with Crippen molar-refractivity contribution in [2.45, 2.75) is 13.8 Å². The lowest BCUT2D eigenvalue weighted by Crippen LogP contribution is -2.14. The first-order valence-corrected chi connectivity index (χ1v) is 9.79. The van der Waals surface area contributed by atoms with Crippen molar-refractivity contribution in [3.05, 3.63) is 77.0 Å². The fourth-order valence-corrected chi connectivity index (χ4v) is 3.62. The predicted molar refractivity (Wildman–Crippen MR) is 119 cm³/mol. The van der Waals surface area contributed by atoms with E-state index in [2.05, 4.69) is 10.4 Å². The van der Waals surface area contributed by atoms with E-state index in [1.54, 1.807) is 28.9 Å². The molecule has 0 atom stereocenters. The summed E-state index contributed by atoms with van der Waals surface area (Å²) < 4.78 is 6.44. The van der Waals surface area contributed by atoms with Crippen molar-refractivity contribution in [1.29, 1.82) is 0 Å². The Labute approximate surface area is 179 Å². The van der Waals surface area contributed by atoms with Crippen LogP contribution in [0.5, 0.6) is 0 Å². The van der Waals surface area contributed by atoms with Crippen LogP contribution in [0.25, 0.3) is 22.3 Å². The van der Waals surface area contributed by atoms with E-state index in [0.29, 0.717) is 33.5 Å². The summed E-state index contributed by atoms with van der Waals surface area (Å²) in [5, 5.41) is 8.13. The molecule has 0 spiro atoms. The maximum absolute atomic E-state index is 13.3. The number of esters is 1. The zero-order chi connectivity index (χ0) is 22.1. The molecule has 2 heterocycles. The summed E-state index contributed by atoms with van der Waals surface area (Å²) in [6.45, 7) is 3.69. The van der Waals surface area contributed by atoms with E-state index in [4.69, 9.17) is 9.72 Å². The van der Waals surface area contributed by atoms with Gasteiger partial charge in [0.25, 0.3) is 5.91 Å². The van der Waals surface area contributed by atoms with E-state index < -0.39 is 5.97 Å². The number of anilines is 1. The largest absolute Gasteiger partial charge is 0.465 e. The molecule has 1 N–H and O–H groups in total. The lowest BCUT2D eigenvalue weighted by atomic mass is 10.0. The van der Waals surface area contributed by atoms with Crippen LogP contribution in [0.4, 0.5) is 5.69 Å². The highest BCUT2D eigenvalue weighted by Crippen LogP contribution is 2.28. The Morgan fingerprint density at radius 1 is 1.03 bits per heavy atom. The number of aryl methyl sites for hydroxylation is 3. The predicted octanol–water partition coefficient (Wildman–Crippen LogP) is 4.29. The fraction of sp³-hybridized carbons (Fsp3) is 0.167. The maximum Gasteiger partial charge on any atom is 0.337 e. The molecule has 4 rings (SSSR count). The van der Waals surface area contributed by atoms with Gasteiger partial charge in [0, 0.05) is 18.3 Å². The SMILES string of the molecule is COC(=O)c1ccc(NC(=O)c2cc(-c3ccccc3)nc3c2c(C)nn3C)c(C)c1. The molecular formula is C24H22N4O3. The molecule has 1 amide bonds. The zero-order valence-electron chi connectivity index (χ0n) is 17.8. The topological polar surface area (TPSA) is 86.1 Å². The van der Waals surface area contributed by atoms with Crippen LogP contribution in [0.3, 0.4) is 0 Å². The molecule has 2 aromatic carbocycles. The van der Waals surface area contributed by atoms with Crippen molar-refractivity contribution in [2.24, 2.45) is 7.05 Å². The van der Waals surface area contributed by atoms with Crippen LogP contribution < -0.4 is 5.32 Å². The quantitative estimate of drug-likeness (QED) is 0.504. The Kier molecular flexibility index (Phi) is 5.25. The molecule has 0 saturated heterocycles. The van der Waals surface area contributed by atoms with Crippen molar-refractivity contribution in [3.8, 4) is 11.3 Å². The Balaban J connectivity index is 1.78. The molecule has 0 radical (unpaired) electrons. The summed E-state index contributed by atoms with van der Waals surface area (Å²) in [6, 6.07) is 16.5. The molecule has 0 saturated carbocycles. The second-order valence-corrected chi connectivity index (χ2v) is 7.30. The van der Waals surface area contributed by atoms with Crippen molar-refractivity contribution in [3.63, 3.8) is 0 Å². The average Bonchev–Trinajstić information content (AvgIpc) is 3.08. The number of carbonyl (C=O) groups is 2. The number of rotatable bonds is 4. The van der Waals surface area contributed by atoms with Gasteiger partial charge in [0.2, 0.25) is 0 Å². The summed E-state index contributed by atoms with van der Waals surface area (Å²) in [6.07, 6.45) is 0. The molecule has 4 aromatic rings. The first kappa shape index (κ1) is 20.3. The van der Waals surface area contributed by atoms with Crippen molar-refractivity contribution < 1.29 is 14.3 Å². The smallest absolute Gasteiger partial charge is 0.337 e. The molecule has 2 aromatic heterocycles. The van der Waals surface area contributed by atoms with Crippen LogP contribution in [0.1, 0.15) is 32.0 Å². The van der Waals surface area contributed by atoms with Gasteiger partial charge in [-0.25, -0.2) is 9.78 Å². The standard InChI is InChI=1S/C24H22N4O3/c1-14-12-17(24(30)31-4)10-11-19(14)26-23(29)18-13-20(16-8-6-5-7-9-16)25-22-21(18)15(2)27-28(22)3/h5-13H,1-4H3,(H,26,29). The number of ether oxygens (including phenoxy) is 1. The third-order valence-electron chi connectivity index (χ3n) is 5.18. The van der Waals surface area contributed by atoms with Gasteiger partial charge < -0.3 is 10.1 Å². The number of benzene rings is 2. The van der Waals surface area contributed by atoms with E-state index >= 15 is 0 Å². The summed E-state index contributed by atoms with van der Waals surface area (Å²) >= 11 is 0. The van der Waals surface area contributed by atoms with Crippen molar-refractivity contribution in [2.75, 3.05) is 12.4 Å². The van der Waals surface area contributed by atoms with Crippen LogP contribution >= 0.6 is 0 Å². The summed E-state index contributed by atoms with van der Waals surface area (Å²) in [4.78, 5) is 29.8. The molecule has 0 unspecified atom stereocenters. The van der Waals surface area contributed by atoms with E-state index in [-0.39, 0.29) is 5.91 Å². The van der Waals surface area contributed by atoms with Crippen LogP contribution in [0.15, 0.2) is 54.6 Å². The number of carbonyl (C=O) groups excluding carboxylic acids is 2. The number of methoxy groups -OCH3 is 1. The molecular weight excluding hydrogens is 392 g/mol. The highest BCUT2D eigenvalue weighted by Gasteiger charge is 2.20. The Morgan fingerprint density at radius 3 is 2.45 bits per heavy atom. The lowest BCUT2D eigenvalue weighted by Gasteiger charge is -2.12. The molecule has 0 aliphatic heterocycles. The van der Waals surface area contributed by atoms with Gasteiger partial charge in [-0.2, -0.15) is 5.10 Å². The minimum absolute atomic E-state index is 0.269. The van der Waals surface area contributed by atoms with Gasteiger partial charge in [0.1, 0.15) is 0 Å². The average molecular weight is 414 g/mol. The van der Waals surface area contributed by atoms with E-state index in [1.807, 2.05) is 51.2 Å². The number of pyridine rings is 1.